The first-order valence-corrected chi connectivity index (χ1v) is 5.19. The highest BCUT2D eigenvalue weighted by Gasteiger charge is 2.37. The fourth-order valence-corrected chi connectivity index (χ4v) is 1.73. The zero-order valence-corrected chi connectivity index (χ0v) is 8.97. The number of nitrogens with zero attached hydrogens (tertiary/aromatic N) is 2. The van der Waals surface area contributed by atoms with Crippen LogP contribution in [0, 0.1) is 0 Å². The lowest BCUT2D eigenvalue weighted by molar-refractivity contribution is -0.138. The van der Waals surface area contributed by atoms with E-state index < -0.39 is 6.04 Å². The van der Waals surface area contributed by atoms with Crippen LogP contribution in [0.5, 0.6) is 0 Å². The number of amides is 2. The molecule has 86 valence electrons. The van der Waals surface area contributed by atoms with Gasteiger partial charge in [0.1, 0.15) is 6.26 Å². The molecule has 0 saturated carbocycles. The molecule has 1 fully saturated rings. The van der Waals surface area contributed by atoms with Gasteiger partial charge in [-0.05, 0) is 6.92 Å². The molecule has 0 aliphatic carbocycles. The van der Waals surface area contributed by atoms with Crippen molar-refractivity contribution in [2.75, 3.05) is 6.54 Å². The van der Waals surface area contributed by atoms with Gasteiger partial charge in [-0.1, -0.05) is 5.16 Å². The van der Waals surface area contributed by atoms with Crippen LogP contribution >= 0.6 is 0 Å². The van der Waals surface area contributed by atoms with Crippen molar-refractivity contribution >= 4 is 11.8 Å². The summed E-state index contributed by atoms with van der Waals surface area (Å²) in [5.74, 6) is -0.277. The number of nitrogens with one attached hydrogen (secondary N) is 1. The fourth-order valence-electron chi connectivity index (χ4n) is 1.73. The highest BCUT2D eigenvalue weighted by molar-refractivity contribution is 6.05. The van der Waals surface area contributed by atoms with Gasteiger partial charge in [0.05, 0.1) is 18.2 Å². The number of likely N-dealkylation sites (N-methyl/N-ethyl adjacent to an activating group) is 1. The molecule has 0 spiro atoms. The number of carbonyl (C=O) groups excluding carboxylic acids is 2. The minimum absolute atomic E-state index is 0.120. The van der Waals surface area contributed by atoms with E-state index in [1.54, 1.807) is 13.0 Å². The Balaban J connectivity index is 1.92. The van der Waals surface area contributed by atoms with Crippen LogP contribution in [-0.2, 0) is 16.1 Å². The summed E-state index contributed by atoms with van der Waals surface area (Å²) in [7, 11) is 0. The van der Waals surface area contributed by atoms with Gasteiger partial charge >= 0.3 is 0 Å². The molecule has 0 aromatic carbocycles. The zero-order valence-electron chi connectivity index (χ0n) is 8.97. The van der Waals surface area contributed by atoms with Gasteiger partial charge in [0.2, 0.25) is 11.8 Å². The zero-order chi connectivity index (χ0) is 11.5. The average molecular weight is 223 g/mol. The largest absolute Gasteiger partial charge is 0.364 e. The minimum Gasteiger partial charge on any atom is -0.364 e. The van der Waals surface area contributed by atoms with E-state index in [1.807, 2.05) is 0 Å². The Labute approximate surface area is 92.6 Å². The molecule has 16 heavy (non-hydrogen) atoms. The molecule has 2 rings (SSSR count). The highest BCUT2D eigenvalue weighted by atomic mass is 16.5. The van der Waals surface area contributed by atoms with Crippen molar-refractivity contribution in [2.45, 2.75) is 25.9 Å². The molecule has 0 bridgehead atoms. The third-order valence-electron chi connectivity index (χ3n) is 2.58. The van der Waals surface area contributed by atoms with Gasteiger partial charge < -0.3 is 4.52 Å². The van der Waals surface area contributed by atoms with E-state index in [-0.39, 0.29) is 18.2 Å². The summed E-state index contributed by atoms with van der Waals surface area (Å²) in [5.41, 5.74) is 0.718. The van der Waals surface area contributed by atoms with Crippen LogP contribution in [0.1, 0.15) is 19.0 Å². The molecular weight excluding hydrogens is 210 g/mol. The standard InChI is InChI=1S/C10H13N3O3/c1-2-13-9(14)5-8(10(13)15)11-6-7-3-4-16-12-7/h3-4,8,11H,2,5-6H2,1H3. The summed E-state index contributed by atoms with van der Waals surface area (Å²) >= 11 is 0. The van der Waals surface area contributed by atoms with Crippen molar-refractivity contribution in [3.05, 3.63) is 18.0 Å². The molecule has 1 saturated heterocycles. The SMILES string of the molecule is CCN1C(=O)CC(NCc2ccon2)C1=O. The number of hydrogen-bond acceptors (Lipinski definition) is 5. The molecule has 1 aromatic heterocycles. The molecule has 0 radical (unpaired) electrons. The first-order valence-electron chi connectivity index (χ1n) is 5.19. The van der Waals surface area contributed by atoms with E-state index in [0.717, 1.165) is 5.69 Å². The maximum absolute atomic E-state index is 11.7. The highest BCUT2D eigenvalue weighted by Crippen LogP contribution is 2.12. The van der Waals surface area contributed by atoms with Gasteiger partial charge in [-0.25, -0.2) is 0 Å². The van der Waals surface area contributed by atoms with Crippen LogP contribution in [0.4, 0.5) is 0 Å². The van der Waals surface area contributed by atoms with Crippen molar-refractivity contribution in [1.29, 1.82) is 0 Å². The molecule has 1 unspecified atom stereocenters. The second-order valence-corrected chi connectivity index (χ2v) is 3.60. The molecular formula is C10H13N3O3. The fraction of sp³-hybridized carbons (Fsp3) is 0.500. The summed E-state index contributed by atoms with van der Waals surface area (Å²) in [5, 5.41) is 6.71. The number of aromatic nitrogens is 1. The van der Waals surface area contributed by atoms with Crippen molar-refractivity contribution in [2.24, 2.45) is 0 Å². The number of imide groups is 1. The van der Waals surface area contributed by atoms with Crippen molar-refractivity contribution < 1.29 is 14.1 Å². The van der Waals surface area contributed by atoms with Crippen LogP contribution in [0.3, 0.4) is 0 Å². The lowest BCUT2D eigenvalue weighted by atomic mass is 10.2. The molecule has 1 aromatic rings. The molecule has 2 amide bonds. The van der Waals surface area contributed by atoms with E-state index in [4.69, 9.17) is 0 Å². The average Bonchev–Trinajstić information content (AvgIpc) is 2.85. The second kappa shape index (κ2) is 4.44. The first kappa shape index (κ1) is 10.8. The third-order valence-corrected chi connectivity index (χ3v) is 2.58. The minimum atomic E-state index is -0.427. The summed E-state index contributed by atoms with van der Waals surface area (Å²) in [6.45, 7) is 2.65. The van der Waals surface area contributed by atoms with Gasteiger partial charge in [0, 0.05) is 19.2 Å². The lowest BCUT2D eigenvalue weighted by Gasteiger charge is -2.12. The van der Waals surface area contributed by atoms with E-state index in [0.29, 0.717) is 13.1 Å². The molecule has 1 atom stereocenters. The first-order chi connectivity index (χ1) is 7.72. The topological polar surface area (TPSA) is 75.4 Å². The van der Waals surface area contributed by atoms with Gasteiger partial charge in [-0.15, -0.1) is 0 Å². The van der Waals surface area contributed by atoms with Crippen molar-refractivity contribution in [3.8, 4) is 0 Å². The maximum Gasteiger partial charge on any atom is 0.246 e. The molecule has 1 aliphatic heterocycles. The summed E-state index contributed by atoms with van der Waals surface area (Å²) in [4.78, 5) is 24.4. The van der Waals surface area contributed by atoms with E-state index in [9.17, 15) is 9.59 Å². The van der Waals surface area contributed by atoms with Crippen LogP contribution in [0.2, 0.25) is 0 Å². The Morgan fingerprint density at radius 3 is 3.00 bits per heavy atom. The summed E-state index contributed by atoms with van der Waals surface area (Å²) in [6.07, 6.45) is 1.70. The molecule has 1 aliphatic rings. The van der Waals surface area contributed by atoms with Gasteiger partial charge in [-0.2, -0.15) is 0 Å². The Kier molecular flexibility index (Phi) is 3.00. The predicted molar refractivity (Wildman–Crippen MR) is 54.1 cm³/mol. The quantitative estimate of drug-likeness (QED) is 0.722. The van der Waals surface area contributed by atoms with Gasteiger partial charge in [-0.3, -0.25) is 19.8 Å². The smallest absolute Gasteiger partial charge is 0.246 e. The normalized spacial score (nSPS) is 20.8. The van der Waals surface area contributed by atoms with Crippen molar-refractivity contribution in [1.82, 2.24) is 15.4 Å². The van der Waals surface area contributed by atoms with E-state index >= 15 is 0 Å². The Hall–Kier alpha value is -1.69. The van der Waals surface area contributed by atoms with Gasteiger partial charge in [0.25, 0.3) is 0 Å². The van der Waals surface area contributed by atoms with Crippen molar-refractivity contribution in [3.63, 3.8) is 0 Å². The van der Waals surface area contributed by atoms with Crippen LogP contribution in [0.15, 0.2) is 16.9 Å². The monoisotopic (exact) mass is 223 g/mol. The second-order valence-electron chi connectivity index (χ2n) is 3.60. The third kappa shape index (κ3) is 1.96. The number of carbonyl (C=O) groups is 2. The Morgan fingerprint density at radius 1 is 1.62 bits per heavy atom. The number of likely N-dealkylation sites (tertiary alicyclic amines) is 1. The number of hydrogen-bond donors (Lipinski definition) is 1. The van der Waals surface area contributed by atoms with Gasteiger partial charge in [0.15, 0.2) is 0 Å². The van der Waals surface area contributed by atoms with Crippen LogP contribution in [-0.4, -0.2) is 34.5 Å². The molecule has 6 nitrogen and oxygen atoms in total. The maximum atomic E-state index is 11.7. The Morgan fingerprint density at radius 2 is 2.44 bits per heavy atom. The predicted octanol–water partition coefficient (Wildman–Crippen LogP) is -0.0884. The lowest BCUT2D eigenvalue weighted by Crippen LogP contribution is -2.38. The summed E-state index contributed by atoms with van der Waals surface area (Å²) < 4.78 is 4.67. The molecule has 1 N–H and O–H groups in total. The van der Waals surface area contributed by atoms with Crippen LogP contribution < -0.4 is 5.32 Å². The van der Waals surface area contributed by atoms with E-state index in [1.165, 1.54) is 11.2 Å². The molecule has 2 heterocycles. The van der Waals surface area contributed by atoms with Crippen LogP contribution in [0.25, 0.3) is 0 Å². The number of rotatable bonds is 4. The van der Waals surface area contributed by atoms with E-state index in [2.05, 4.69) is 15.0 Å². The Bertz CT molecular complexity index is 388. The molecule has 6 heteroatoms. The summed E-state index contributed by atoms with van der Waals surface area (Å²) in [6, 6.07) is 1.29.